The molecule has 26 heavy (non-hydrogen) atoms. The Bertz CT molecular complexity index is 1170. The lowest BCUT2D eigenvalue weighted by atomic mass is 10.2. The normalized spacial score (nSPS) is 11.3. The second kappa shape index (κ2) is 7.31. The van der Waals surface area contributed by atoms with E-state index in [0.29, 0.717) is 15.9 Å². The van der Waals surface area contributed by atoms with E-state index in [0.717, 1.165) is 16.3 Å². The molecule has 0 aliphatic rings. The number of H-pyrrole nitrogens is 4. The van der Waals surface area contributed by atoms with E-state index in [1.165, 1.54) is 11.1 Å². The molecule has 0 radical (unpaired) electrons. The number of hydrogen-bond acceptors (Lipinski definition) is 2. The molecule has 0 spiro atoms. The molecule has 4 aromatic rings. The van der Waals surface area contributed by atoms with Gasteiger partial charge in [-0.2, -0.15) is 0 Å². The maximum Gasteiger partial charge on any atom is 0.277 e. The Morgan fingerprint density at radius 3 is 1.92 bits per heavy atom. The molecule has 7 heteroatoms. The van der Waals surface area contributed by atoms with Crippen LogP contribution in [-0.2, 0) is 11.5 Å². The molecule has 0 atom stereocenters. The third kappa shape index (κ3) is 3.63. The first kappa shape index (κ1) is 16.8. The Balaban J connectivity index is 1.89. The second-order valence-corrected chi connectivity index (χ2v) is 8.37. The first-order valence-corrected chi connectivity index (χ1v) is 10.2. The van der Waals surface area contributed by atoms with Crippen molar-refractivity contribution in [3.8, 4) is 0 Å². The fourth-order valence-corrected chi connectivity index (χ4v) is 5.12. The van der Waals surface area contributed by atoms with Crippen LogP contribution in [0, 0.1) is 9.54 Å². The van der Waals surface area contributed by atoms with Crippen molar-refractivity contribution in [3.63, 3.8) is 0 Å². The van der Waals surface area contributed by atoms with Gasteiger partial charge in [-0.25, -0.2) is 0 Å². The summed E-state index contributed by atoms with van der Waals surface area (Å²) in [5.41, 5.74) is 3.39. The minimum atomic E-state index is -0.226. The zero-order valence-electron chi connectivity index (χ0n) is 13.9. The molecule has 0 aliphatic carbocycles. The number of aromatic nitrogens is 4. The van der Waals surface area contributed by atoms with Crippen LogP contribution in [0.1, 0.15) is 11.1 Å². The molecule has 4 rings (SSSR count). The molecule has 2 heterocycles. The molecule has 4 N–H and O–H groups in total. The number of fused-ring (bicyclic) bond motifs is 1. The van der Waals surface area contributed by atoms with E-state index in [2.05, 4.69) is 44.2 Å². The van der Waals surface area contributed by atoms with Crippen LogP contribution in [0.15, 0.2) is 65.5 Å². The molecular weight excluding hydrogens is 364 g/mol. The van der Waals surface area contributed by atoms with Crippen LogP contribution in [0.5, 0.6) is 0 Å². The molecule has 5 nitrogen and oxygen atoms in total. The van der Waals surface area contributed by atoms with Gasteiger partial charge in [-0.1, -0.05) is 60.7 Å². The van der Waals surface area contributed by atoms with Crippen LogP contribution in [0.3, 0.4) is 0 Å². The quantitative estimate of drug-likeness (QED) is 0.394. The highest BCUT2D eigenvalue weighted by atomic mass is 32.2. The number of imidazole rings is 1. The van der Waals surface area contributed by atoms with E-state index in [1.807, 2.05) is 36.4 Å². The van der Waals surface area contributed by atoms with E-state index >= 15 is 0 Å². The lowest BCUT2D eigenvalue weighted by Gasteiger charge is -2.10. The number of hydrogen-bond donors (Lipinski definition) is 4. The SMILES string of the molecule is O=c1[nH]c(=S(Cc2ccccc2)Cc2ccccc2)[nH]c2[nH]c(=S)[nH]c12. The molecule has 2 aromatic heterocycles. The summed E-state index contributed by atoms with van der Waals surface area (Å²) in [6.07, 6.45) is 0. The molecule has 132 valence electrons. The Kier molecular flexibility index (Phi) is 4.73. The van der Waals surface area contributed by atoms with Crippen LogP contribution in [0.25, 0.3) is 11.2 Å². The van der Waals surface area contributed by atoms with E-state index in [1.54, 1.807) is 0 Å². The van der Waals surface area contributed by atoms with Crippen molar-refractivity contribution < 1.29 is 0 Å². The predicted octanol–water partition coefficient (Wildman–Crippen LogP) is 4.44. The Morgan fingerprint density at radius 1 is 0.769 bits per heavy atom. The molecule has 0 bridgehead atoms. The summed E-state index contributed by atoms with van der Waals surface area (Å²) in [5, 5.41) is 0. The first-order chi connectivity index (χ1) is 12.7. The van der Waals surface area contributed by atoms with Crippen LogP contribution < -0.4 is 5.56 Å². The zero-order valence-corrected chi connectivity index (χ0v) is 15.5. The van der Waals surface area contributed by atoms with Gasteiger partial charge in [0.2, 0.25) is 0 Å². The fraction of sp³-hybridized carbons (Fsp3) is 0.105. The standard InChI is InChI=1S/C19H18N4OS2/c24-17-15-16(21-18(25)20-15)22-19(23-17)26(11-13-7-3-1-4-8-13)12-14-9-5-2-6-10-14/h1-10,22H,11-12H2,(H,23,24)(H2,20,21,25). The van der Waals surface area contributed by atoms with Crippen molar-refractivity contribution in [2.75, 3.05) is 0 Å². The molecule has 0 unspecified atom stereocenters. The maximum atomic E-state index is 12.5. The number of aromatic amines is 4. The van der Waals surface area contributed by atoms with Gasteiger partial charge in [-0.05, 0) is 23.3 Å². The Morgan fingerprint density at radius 2 is 1.35 bits per heavy atom. The van der Waals surface area contributed by atoms with Gasteiger partial charge >= 0.3 is 0 Å². The fourth-order valence-electron chi connectivity index (χ4n) is 2.85. The summed E-state index contributed by atoms with van der Waals surface area (Å²) < 4.78 is 1.25. The smallest absolute Gasteiger partial charge is 0.277 e. The molecular formula is C19H18N4OS2. The summed E-state index contributed by atoms with van der Waals surface area (Å²) in [6.45, 7) is 0. The molecule has 0 saturated carbocycles. The van der Waals surface area contributed by atoms with Gasteiger partial charge in [0.15, 0.2) is 4.77 Å². The summed E-state index contributed by atoms with van der Waals surface area (Å²) in [7, 11) is -0.226. The van der Waals surface area contributed by atoms with Gasteiger partial charge in [-0.3, -0.25) is 4.79 Å². The van der Waals surface area contributed by atoms with E-state index < -0.39 is 0 Å². The first-order valence-electron chi connectivity index (χ1n) is 8.22. The highest BCUT2D eigenvalue weighted by Gasteiger charge is 2.06. The predicted molar refractivity (Wildman–Crippen MR) is 110 cm³/mol. The molecule has 0 fully saturated rings. The number of benzene rings is 2. The average Bonchev–Trinajstić information content (AvgIpc) is 3.04. The molecule has 0 aliphatic heterocycles. The van der Waals surface area contributed by atoms with Gasteiger partial charge in [0.1, 0.15) is 15.9 Å². The second-order valence-electron chi connectivity index (χ2n) is 5.99. The van der Waals surface area contributed by atoms with E-state index in [9.17, 15) is 4.79 Å². The van der Waals surface area contributed by atoms with E-state index in [4.69, 9.17) is 12.2 Å². The third-order valence-electron chi connectivity index (χ3n) is 4.08. The van der Waals surface area contributed by atoms with Crippen molar-refractivity contribution in [2.45, 2.75) is 11.5 Å². The molecule has 0 saturated heterocycles. The summed E-state index contributed by atoms with van der Waals surface area (Å²) in [5.74, 6) is 1.69. The monoisotopic (exact) mass is 382 g/mol. The van der Waals surface area contributed by atoms with Gasteiger partial charge in [-0.15, -0.1) is 10.5 Å². The lowest BCUT2D eigenvalue weighted by Crippen LogP contribution is -2.09. The van der Waals surface area contributed by atoms with Gasteiger partial charge in [0.05, 0.1) is 0 Å². The van der Waals surface area contributed by atoms with Crippen molar-refractivity contribution in [2.24, 2.45) is 0 Å². The lowest BCUT2D eigenvalue weighted by molar-refractivity contribution is 1.11. The average molecular weight is 383 g/mol. The summed E-state index contributed by atoms with van der Waals surface area (Å²) in [6, 6.07) is 20.7. The maximum absolute atomic E-state index is 12.5. The minimum absolute atomic E-state index is 0.167. The largest absolute Gasteiger partial charge is 0.325 e. The van der Waals surface area contributed by atoms with Gasteiger partial charge < -0.3 is 19.9 Å². The van der Waals surface area contributed by atoms with Crippen LogP contribution >= 0.6 is 22.7 Å². The van der Waals surface area contributed by atoms with Crippen LogP contribution in [0.2, 0.25) is 0 Å². The highest BCUT2D eigenvalue weighted by Crippen LogP contribution is 2.27. The third-order valence-corrected chi connectivity index (χ3v) is 6.43. The van der Waals surface area contributed by atoms with Crippen molar-refractivity contribution in [1.29, 1.82) is 0 Å². The Labute approximate surface area is 157 Å². The topological polar surface area (TPSA) is 80.2 Å². The molecule has 2 aromatic carbocycles. The van der Waals surface area contributed by atoms with Crippen LogP contribution in [-0.4, -0.2) is 19.9 Å². The van der Waals surface area contributed by atoms with Gasteiger partial charge in [0, 0.05) is 11.5 Å². The van der Waals surface area contributed by atoms with Gasteiger partial charge in [0.25, 0.3) is 5.56 Å². The van der Waals surface area contributed by atoms with Crippen molar-refractivity contribution in [3.05, 3.63) is 91.7 Å². The van der Waals surface area contributed by atoms with Crippen molar-refractivity contribution in [1.82, 2.24) is 19.9 Å². The van der Waals surface area contributed by atoms with Crippen molar-refractivity contribution >= 4 is 33.9 Å². The summed E-state index contributed by atoms with van der Waals surface area (Å²) in [4.78, 5) is 24.7. The zero-order chi connectivity index (χ0) is 17.9. The number of nitrogens with one attached hydrogen (secondary N) is 4. The minimum Gasteiger partial charge on any atom is -0.325 e. The Hall–Kier alpha value is -2.64. The highest BCUT2D eigenvalue weighted by molar-refractivity contribution is 8.07. The van der Waals surface area contributed by atoms with Crippen LogP contribution in [0.4, 0.5) is 0 Å². The number of rotatable bonds is 4. The van der Waals surface area contributed by atoms with E-state index in [-0.39, 0.29) is 16.0 Å². The summed E-state index contributed by atoms with van der Waals surface area (Å²) >= 11 is 5.11. The molecule has 0 amide bonds.